The van der Waals surface area contributed by atoms with E-state index in [1.54, 1.807) is 12.1 Å². The van der Waals surface area contributed by atoms with Crippen molar-refractivity contribution in [3.05, 3.63) is 70.3 Å². The maximum absolute atomic E-state index is 13.1. The third-order valence-corrected chi connectivity index (χ3v) is 7.09. The number of aliphatic hydroxyl groups excluding tert-OH is 1. The normalized spacial score (nSPS) is 15.1. The number of anilines is 1. The monoisotopic (exact) mass is 590 g/mol. The number of halogens is 4. The molecule has 1 atom stereocenters. The largest absolute Gasteiger partial charge is 0.416 e. The number of nitrogens with one attached hydrogen (secondary N) is 1. The Morgan fingerprint density at radius 2 is 1.83 bits per heavy atom. The number of aromatic nitrogens is 7. The van der Waals surface area contributed by atoms with E-state index in [1.165, 1.54) is 41.5 Å². The van der Waals surface area contributed by atoms with Gasteiger partial charge in [-0.3, -0.25) is 9.36 Å². The molecule has 2 N–H and O–H groups in total. The molecule has 3 aromatic heterocycles. The van der Waals surface area contributed by atoms with Crippen LogP contribution in [-0.4, -0.2) is 57.4 Å². The molecule has 1 aromatic carbocycles. The Hall–Kier alpha value is -4.04. The van der Waals surface area contributed by atoms with E-state index in [2.05, 4.69) is 25.5 Å². The van der Waals surface area contributed by atoms with Crippen molar-refractivity contribution in [3.8, 4) is 17.1 Å². The molecule has 1 amide bonds. The second kappa shape index (κ2) is 11.8. The Morgan fingerprint density at radius 1 is 1.10 bits per heavy atom. The van der Waals surface area contributed by atoms with Crippen LogP contribution in [0.15, 0.2) is 53.7 Å². The SMILES string of the molecule is O=C(Nc1ncccc1-n1cnc(Cn2nc(-c3ccc(Cl)cc3)n(C[C@H](O)C(F)(F)F)c2=O)n1)C1CCCCC1. The summed E-state index contributed by atoms with van der Waals surface area (Å²) in [4.78, 5) is 34.4. The van der Waals surface area contributed by atoms with Crippen molar-refractivity contribution in [2.24, 2.45) is 5.92 Å². The minimum atomic E-state index is -4.94. The summed E-state index contributed by atoms with van der Waals surface area (Å²) < 4.78 is 42.4. The lowest BCUT2D eigenvalue weighted by Crippen LogP contribution is -2.37. The summed E-state index contributed by atoms with van der Waals surface area (Å²) in [5.41, 5.74) is -0.119. The number of rotatable bonds is 8. The number of carbonyl (C=O) groups is 1. The van der Waals surface area contributed by atoms with Crippen LogP contribution in [0.25, 0.3) is 17.1 Å². The van der Waals surface area contributed by atoms with Gasteiger partial charge in [-0.25, -0.2) is 24.1 Å². The van der Waals surface area contributed by atoms with Gasteiger partial charge in [-0.05, 0) is 49.2 Å². The zero-order valence-corrected chi connectivity index (χ0v) is 22.4. The molecule has 11 nitrogen and oxygen atoms in total. The van der Waals surface area contributed by atoms with E-state index in [9.17, 15) is 27.9 Å². The fraction of sp³-hybridized carbons (Fsp3) is 0.385. The van der Waals surface area contributed by atoms with E-state index in [4.69, 9.17) is 11.6 Å². The minimum Gasteiger partial charge on any atom is -0.382 e. The van der Waals surface area contributed by atoms with Gasteiger partial charge >= 0.3 is 11.9 Å². The number of benzene rings is 1. The highest BCUT2D eigenvalue weighted by Crippen LogP contribution is 2.26. The smallest absolute Gasteiger partial charge is 0.382 e. The highest BCUT2D eigenvalue weighted by atomic mass is 35.5. The lowest BCUT2D eigenvalue weighted by atomic mass is 9.89. The molecule has 1 fully saturated rings. The molecule has 1 aliphatic rings. The van der Waals surface area contributed by atoms with Gasteiger partial charge in [0.1, 0.15) is 18.6 Å². The zero-order valence-electron chi connectivity index (χ0n) is 21.6. The van der Waals surface area contributed by atoms with Crippen molar-refractivity contribution in [2.45, 2.75) is 57.5 Å². The van der Waals surface area contributed by atoms with Crippen LogP contribution in [-0.2, 0) is 17.9 Å². The fourth-order valence-corrected chi connectivity index (χ4v) is 4.80. The van der Waals surface area contributed by atoms with Gasteiger partial charge in [-0.15, -0.1) is 10.2 Å². The van der Waals surface area contributed by atoms with Gasteiger partial charge in [-0.1, -0.05) is 30.9 Å². The first-order valence-electron chi connectivity index (χ1n) is 13.0. The van der Waals surface area contributed by atoms with Crippen LogP contribution >= 0.6 is 11.6 Å². The highest BCUT2D eigenvalue weighted by Gasteiger charge is 2.39. The summed E-state index contributed by atoms with van der Waals surface area (Å²) in [6.07, 6.45) is -0.0436. The van der Waals surface area contributed by atoms with Gasteiger partial charge in [-0.2, -0.15) is 13.2 Å². The Bertz CT molecular complexity index is 1580. The van der Waals surface area contributed by atoms with E-state index < -0.39 is 24.5 Å². The summed E-state index contributed by atoms with van der Waals surface area (Å²) in [5, 5.41) is 21.5. The minimum absolute atomic E-state index is 0.0856. The topological polar surface area (TPSA) is 133 Å². The third-order valence-electron chi connectivity index (χ3n) is 6.84. The summed E-state index contributed by atoms with van der Waals surface area (Å²) in [6.45, 7) is -1.33. The highest BCUT2D eigenvalue weighted by molar-refractivity contribution is 6.30. The van der Waals surface area contributed by atoms with Crippen molar-refractivity contribution < 1.29 is 23.1 Å². The fourth-order valence-electron chi connectivity index (χ4n) is 4.68. The van der Waals surface area contributed by atoms with Crippen LogP contribution in [0.3, 0.4) is 0 Å². The lowest BCUT2D eigenvalue weighted by Gasteiger charge is -2.21. The van der Waals surface area contributed by atoms with Crippen molar-refractivity contribution in [1.82, 2.24) is 34.1 Å². The number of alkyl halides is 3. The Kier molecular flexibility index (Phi) is 8.22. The average molecular weight is 591 g/mol. The molecule has 0 saturated heterocycles. The number of hydrogen-bond donors (Lipinski definition) is 2. The lowest BCUT2D eigenvalue weighted by molar-refractivity contribution is -0.207. The van der Waals surface area contributed by atoms with Crippen LogP contribution in [0.1, 0.15) is 37.9 Å². The van der Waals surface area contributed by atoms with Crippen molar-refractivity contribution in [1.29, 1.82) is 0 Å². The predicted octanol–water partition coefficient (Wildman–Crippen LogP) is 3.83. The first-order chi connectivity index (χ1) is 19.6. The number of carbonyl (C=O) groups excluding carboxylic acids is 1. The van der Waals surface area contributed by atoms with Crippen LogP contribution in [0, 0.1) is 5.92 Å². The first kappa shape index (κ1) is 28.5. The molecule has 0 unspecified atom stereocenters. The maximum atomic E-state index is 13.1. The summed E-state index contributed by atoms with van der Waals surface area (Å²) in [6, 6.07) is 9.38. The van der Waals surface area contributed by atoms with Crippen molar-refractivity contribution >= 4 is 23.3 Å². The van der Waals surface area contributed by atoms with Crippen molar-refractivity contribution in [2.75, 3.05) is 5.32 Å². The molecule has 1 saturated carbocycles. The quantitative estimate of drug-likeness (QED) is 0.319. The maximum Gasteiger partial charge on any atom is 0.416 e. The number of amides is 1. The van der Waals surface area contributed by atoms with Gasteiger partial charge < -0.3 is 10.4 Å². The Balaban J connectivity index is 1.41. The average Bonchev–Trinajstić information content (AvgIpc) is 3.54. The predicted molar refractivity (Wildman–Crippen MR) is 142 cm³/mol. The van der Waals surface area contributed by atoms with Crippen LogP contribution in [0.2, 0.25) is 5.02 Å². The van der Waals surface area contributed by atoms with E-state index in [-0.39, 0.29) is 30.0 Å². The molecule has 0 aliphatic heterocycles. The molecule has 3 heterocycles. The second-order valence-corrected chi connectivity index (χ2v) is 10.2. The van der Waals surface area contributed by atoms with Gasteiger partial charge in [0.2, 0.25) is 5.91 Å². The van der Waals surface area contributed by atoms with Crippen molar-refractivity contribution in [3.63, 3.8) is 0 Å². The summed E-state index contributed by atoms with van der Waals surface area (Å²) in [7, 11) is 0. The van der Waals surface area contributed by atoms with Crippen LogP contribution in [0.4, 0.5) is 19.0 Å². The standard InChI is InChI=1S/C26H26ClF3N8O3/c27-18-10-8-16(9-11-18)23-35-37(25(41)36(23)13-20(39)26(28,29)30)14-21-32-15-38(34-21)19-7-4-12-31-22(19)33-24(40)17-5-2-1-3-6-17/h4,7-12,15,17,20,39H,1-3,5-6,13-14H2,(H,31,33,40)/t20-/m0/s1. The molecule has 0 radical (unpaired) electrons. The third kappa shape index (κ3) is 6.49. The number of nitrogens with zero attached hydrogens (tertiary/aromatic N) is 7. The zero-order chi connectivity index (χ0) is 29.1. The first-order valence-corrected chi connectivity index (χ1v) is 13.3. The second-order valence-electron chi connectivity index (χ2n) is 9.74. The molecular formula is C26H26ClF3N8O3. The van der Waals surface area contributed by atoms with Gasteiger partial charge in [0.15, 0.2) is 23.6 Å². The van der Waals surface area contributed by atoms with Crippen LogP contribution < -0.4 is 11.0 Å². The summed E-state index contributed by atoms with van der Waals surface area (Å²) in [5.74, 6) is 0.140. The molecule has 0 bridgehead atoms. The van der Waals surface area contributed by atoms with E-state index in [1.807, 2.05) is 0 Å². The number of hydrogen-bond acceptors (Lipinski definition) is 7. The molecule has 41 heavy (non-hydrogen) atoms. The van der Waals surface area contributed by atoms with Gasteiger partial charge in [0.25, 0.3) is 0 Å². The van der Waals surface area contributed by atoms with Crippen LogP contribution in [0.5, 0.6) is 0 Å². The molecule has 5 rings (SSSR count). The molecule has 0 spiro atoms. The molecule has 4 aromatic rings. The van der Waals surface area contributed by atoms with E-state index in [0.717, 1.165) is 41.4 Å². The molecule has 1 aliphatic carbocycles. The summed E-state index contributed by atoms with van der Waals surface area (Å²) >= 11 is 5.93. The van der Waals surface area contributed by atoms with Gasteiger partial charge in [0, 0.05) is 22.7 Å². The Labute approximate surface area is 236 Å². The molecule has 15 heteroatoms. The van der Waals surface area contributed by atoms with Gasteiger partial charge in [0.05, 0.1) is 6.54 Å². The molecular weight excluding hydrogens is 565 g/mol. The Morgan fingerprint density at radius 3 is 2.54 bits per heavy atom. The number of pyridine rings is 1. The van der Waals surface area contributed by atoms with E-state index in [0.29, 0.717) is 22.1 Å². The van der Waals surface area contributed by atoms with E-state index >= 15 is 0 Å². The number of aliphatic hydroxyl groups is 1. The molecule has 216 valence electrons.